The van der Waals surface area contributed by atoms with Crippen molar-refractivity contribution in [2.45, 2.75) is 43.2 Å². The van der Waals surface area contributed by atoms with Crippen LogP contribution in [0.2, 0.25) is 0 Å². The predicted molar refractivity (Wildman–Crippen MR) is 81.6 cm³/mol. The summed E-state index contributed by atoms with van der Waals surface area (Å²) in [6.45, 7) is -2.61. The van der Waals surface area contributed by atoms with E-state index in [0.717, 1.165) is 4.90 Å². The van der Waals surface area contributed by atoms with Crippen LogP contribution in [0.1, 0.15) is 44.1 Å². The van der Waals surface area contributed by atoms with Crippen LogP contribution in [0.3, 0.4) is 0 Å². The molecule has 22 heavy (non-hydrogen) atoms. The Kier molecular flexibility index (Phi) is 1.20. The van der Waals surface area contributed by atoms with Gasteiger partial charge < -0.3 is 14.4 Å². The Balaban J connectivity index is 1.86. The van der Waals surface area contributed by atoms with Crippen molar-refractivity contribution < 1.29 is 28.0 Å². The lowest BCUT2D eigenvalue weighted by atomic mass is 9.52. The van der Waals surface area contributed by atoms with Crippen molar-refractivity contribution in [3.8, 4) is 11.5 Å². The van der Waals surface area contributed by atoms with Crippen molar-refractivity contribution >= 4 is 5.78 Å². The van der Waals surface area contributed by atoms with E-state index in [1.807, 2.05) is 0 Å². The average molecular weight is 309 g/mol. The topological polar surface area (TPSA) is 38.8 Å². The van der Waals surface area contributed by atoms with Gasteiger partial charge in [-0.25, -0.2) is 0 Å². The van der Waals surface area contributed by atoms with Crippen LogP contribution in [-0.4, -0.2) is 43.4 Å². The maximum Gasteiger partial charge on any atom is 0.174 e. The fourth-order valence-corrected chi connectivity index (χ4v) is 4.84. The van der Waals surface area contributed by atoms with Crippen LogP contribution in [0.5, 0.6) is 11.5 Å². The first-order valence-corrected chi connectivity index (χ1v) is 7.45. The van der Waals surface area contributed by atoms with Gasteiger partial charge in [0.2, 0.25) is 0 Å². The van der Waals surface area contributed by atoms with Gasteiger partial charge in [0.05, 0.1) is 13.9 Å². The number of hydrogen-bond acceptors (Lipinski definition) is 4. The number of rotatable bonds is 1. The number of methoxy groups -OCH3 is 1. The van der Waals surface area contributed by atoms with E-state index in [2.05, 4.69) is 0 Å². The second-order valence-electron chi connectivity index (χ2n) is 6.44. The zero-order valence-corrected chi connectivity index (χ0v) is 11.7. The minimum atomic E-state index is -2.95. The summed E-state index contributed by atoms with van der Waals surface area (Å²) in [5.41, 5.74) is -1.09. The van der Waals surface area contributed by atoms with E-state index < -0.39 is 61.7 Å². The molecular weight excluding hydrogens is 278 g/mol. The Morgan fingerprint density at radius 3 is 3.41 bits per heavy atom. The molecule has 2 heterocycles. The molecule has 1 spiro atoms. The molecule has 0 aromatic heterocycles. The number of hydrogen-bond donors (Lipinski definition) is 0. The highest BCUT2D eigenvalue weighted by atomic mass is 16.5. The first-order chi connectivity index (χ1) is 14.6. The third-order valence-corrected chi connectivity index (χ3v) is 5.69. The summed E-state index contributed by atoms with van der Waals surface area (Å²) < 4.78 is 92.1. The molecule has 4 aliphatic rings. The molecule has 1 aromatic carbocycles. The summed E-state index contributed by atoms with van der Waals surface area (Å²) in [7, 11) is -2.95. The molecule has 116 valence electrons. The molecule has 1 unspecified atom stereocenters. The van der Waals surface area contributed by atoms with Crippen molar-refractivity contribution in [2.24, 2.45) is 5.92 Å². The summed E-state index contributed by atoms with van der Waals surface area (Å²) in [6.07, 6.45) is -2.92. The first kappa shape index (κ1) is 6.52. The van der Waals surface area contributed by atoms with Gasteiger partial charge in [-0.3, -0.25) is 4.79 Å². The molecule has 0 N–H and O–H groups in total. The smallest absolute Gasteiger partial charge is 0.174 e. The SMILES string of the molecule is [2H]c1c([2H])c2c3c(c1OC([2H])([2H])[2H])OC1C(=O)CC[C@H]4[C@H](N(C([2H])([2H])[2H])CC[C@]314)C2([2H])[2H]. The zero-order chi connectivity index (χ0) is 23.6. The van der Waals surface area contributed by atoms with Crippen LogP contribution < -0.4 is 9.47 Å². The summed E-state index contributed by atoms with van der Waals surface area (Å²) in [6, 6.07) is -2.40. The van der Waals surface area contributed by atoms with Gasteiger partial charge in [0, 0.05) is 30.3 Å². The van der Waals surface area contributed by atoms with E-state index in [1.165, 1.54) is 0 Å². The molecule has 2 bridgehead atoms. The minimum absolute atomic E-state index is 0.0192. The van der Waals surface area contributed by atoms with E-state index >= 15 is 0 Å². The van der Waals surface area contributed by atoms with Crippen LogP contribution in [0.15, 0.2) is 12.1 Å². The average Bonchev–Trinajstić information content (AvgIpc) is 2.97. The fourth-order valence-electron chi connectivity index (χ4n) is 4.84. The van der Waals surface area contributed by atoms with E-state index in [9.17, 15) is 4.79 Å². The lowest BCUT2D eigenvalue weighted by Crippen LogP contribution is -2.65. The van der Waals surface area contributed by atoms with Gasteiger partial charge in [-0.1, -0.05) is 6.04 Å². The molecule has 5 rings (SSSR count). The number of Topliss-reactive ketones (excluding diaryl/α,β-unsaturated/α-hetero) is 1. The minimum Gasteiger partial charge on any atom is -0.493 e. The van der Waals surface area contributed by atoms with E-state index in [4.69, 9.17) is 23.2 Å². The molecule has 1 aromatic rings. The molecule has 1 saturated carbocycles. The van der Waals surface area contributed by atoms with Crippen molar-refractivity contribution in [3.05, 3.63) is 23.2 Å². The summed E-state index contributed by atoms with van der Waals surface area (Å²) >= 11 is 0. The molecule has 2 fully saturated rings. The van der Waals surface area contributed by atoms with Crippen LogP contribution in [0, 0.1) is 5.92 Å². The monoisotopic (exact) mass is 309 g/mol. The Morgan fingerprint density at radius 1 is 1.59 bits per heavy atom. The first-order valence-electron chi connectivity index (χ1n) is 12.5. The van der Waals surface area contributed by atoms with Crippen LogP contribution in [0.4, 0.5) is 0 Å². The molecule has 0 radical (unpaired) electrons. The van der Waals surface area contributed by atoms with E-state index in [1.54, 1.807) is 0 Å². The Labute approximate surface area is 144 Å². The van der Waals surface area contributed by atoms with E-state index in [-0.39, 0.29) is 48.5 Å². The molecule has 2 aliphatic carbocycles. The largest absolute Gasteiger partial charge is 0.493 e. The zero-order valence-electron chi connectivity index (χ0n) is 21.7. The van der Waals surface area contributed by atoms with Crippen molar-refractivity contribution in [1.82, 2.24) is 4.90 Å². The number of benzene rings is 1. The molecule has 4 heteroatoms. The van der Waals surface area contributed by atoms with Crippen LogP contribution in [-0.2, 0) is 16.6 Å². The highest BCUT2D eigenvalue weighted by molar-refractivity contribution is 5.89. The number of likely N-dealkylation sites (tertiary alicyclic amines) is 1. The van der Waals surface area contributed by atoms with Gasteiger partial charge in [-0.05, 0) is 50.3 Å². The van der Waals surface area contributed by atoms with E-state index in [0.29, 0.717) is 0 Å². The highest BCUT2D eigenvalue weighted by Crippen LogP contribution is 2.62. The molecular formula is C18H21NO3. The number of nitrogens with zero attached hydrogens (tertiary/aromatic N) is 1. The van der Waals surface area contributed by atoms with Gasteiger partial charge in [0.1, 0.15) is 0 Å². The second-order valence-corrected chi connectivity index (χ2v) is 6.44. The highest BCUT2D eigenvalue weighted by Gasteiger charge is 2.65. The maximum absolute atomic E-state index is 12.9. The van der Waals surface area contributed by atoms with Gasteiger partial charge in [-0.15, -0.1) is 0 Å². The summed E-state index contributed by atoms with van der Waals surface area (Å²) in [4.78, 5) is 14.1. The lowest BCUT2D eigenvalue weighted by molar-refractivity contribution is -0.138. The lowest BCUT2D eigenvalue weighted by Gasteiger charge is -2.57. The molecule has 4 atom stereocenters. The Hall–Kier alpha value is -1.55. The van der Waals surface area contributed by atoms with Crippen molar-refractivity contribution in [1.29, 1.82) is 0 Å². The van der Waals surface area contributed by atoms with Crippen LogP contribution in [0.25, 0.3) is 0 Å². The number of ether oxygens (including phenoxy) is 2. The Bertz CT molecular complexity index is 1040. The van der Waals surface area contributed by atoms with Crippen molar-refractivity contribution in [2.75, 3.05) is 20.6 Å². The van der Waals surface area contributed by atoms with Gasteiger partial charge in [0.15, 0.2) is 23.4 Å². The molecule has 0 amide bonds. The number of carbonyl (C=O) groups is 1. The molecule has 1 saturated heterocycles. The second kappa shape index (κ2) is 4.05. The number of ketones is 1. The number of piperidine rings is 1. The van der Waals surface area contributed by atoms with Gasteiger partial charge in [-0.2, -0.15) is 0 Å². The third kappa shape index (κ3) is 1.27. The number of likely N-dealkylation sites (N-methyl/N-ethyl adjacent to an activating group) is 1. The standard InChI is InChI=1S/C18H21NO3/c1-19-8-7-18-11-4-5-13(20)17(18)22-16-14(21-2)6-3-10(15(16)18)9-12(11)19/h3,6,11-12,17H,4-5,7-9H2,1-2H3/t11-,12+,17?,18-/m0/s1/i1D3,2D3,3D,6D,9D2. The number of carbonyl (C=O) groups excluding carboxylic acids is 1. The quantitative estimate of drug-likeness (QED) is 0.795. The van der Waals surface area contributed by atoms with Gasteiger partial charge in [0.25, 0.3) is 0 Å². The summed E-state index contributed by atoms with van der Waals surface area (Å²) in [5, 5.41) is 0. The predicted octanol–water partition coefficient (Wildman–Crippen LogP) is 1.93. The molecule has 2 aliphatic heterocycles. The van der Waals surface area contributed by atoms with Crippen molar-refractivity contribution in [3.63, 3.8) is 0 Å². The van der Waals surface area contributed by atoms with Gasteiger partial charge >= 0.3 is 0 Å². The summed E-state index contributed by atoms with van der Waals surface area (Å²) in [5.74, 6) is -1.52. The normalized spacial score (nSPS) is 48.5. The van der Waals surface area contributed by atoms with Crippen LogP contribution >= 0.6 is 0 Å². The third-order valence-electron chi connectivity index (χ3n) is 5.69. The Morgan fingerprint density at radius 2 is 2.55 bits per heavy atom. The fraction of sp³-hybridized carbons (Fsp3) is 0.611. The molecule has 4 nitrogen and oxygen atoms in total. The maximum atomic E-state index is 12.9.